The molecule has 2 aromatic rings. The van der Waals surface area contributed by atoms with Crippen LogP contribution in [0.2, 0.25) is 5.02 Å². The monoisotopic (exact) mass is 296 g/mol. The van der Waals surface area contributed by atoms with Crippen LogP contribution in [0.1, 0.15) is 12.5 Å². The van der Waals surface area contributed by atoms with E-state index >= 15 is 0 Å². The van der Waals surface area contributed by atoms with Crippen molar-refractivity contribution in [1.82, 2.24) is 4.98 Å². The summed E-state index contributed by atoms with van der Waals surface area (Å²) in [5.41, 5.74) is 1.86. The Labute approximate surface area is 122 Å². The summed E-state index contributed by atoms with van der Waals surface area (Å²) in [5.74, 6) is 1.94. The van der Waals surface area contributed by atoms with E-state index in [1.807, 2.05) is 31.2 Å². The molecule has 1 aromatic carbocycles. The molecule has 0 saturated heterocycles. The average molecular weight is 297 g/mol. The third kappa shape index (κ3) is 3.75. The lowest BCUT2D eigenvalue weighted by atomic mass is 10.2. The van der Waals surface area contributed by atoms with Crippen molar-refractivity contribution >= 4 is 34.7 Å². The summed E-state index contributed by atoms with van der Waals surface area (Å²) in [6, 6.07) is 9.39. The van der Waals surface area contributed by atoms with Crippen molar-refractivity contribution in [1.29, 1.82) is 0 Å². The van der Waals surface area contributed by atoms with Crippen LogP contribution in [0.3, 0.4) is 0 Å². The number of nitrogens with zero attached hydrogens (tertiary/aromatic N) is 1. The number of nitrogens with one attached hydrogen (secondary N) is 1. The van der Waals surface area contributed by atoms with E-state index in [1.54, 1.807) is 12.3 Å². The molecule has 1 N–H and O–H groups in total. The van der Waals surface area contributed by atoms with Gasteiger partial charge in [0.1, 0.15) is 11.6 Å². The van der Waals surface area contributed by atoms with Crippen LogP contribution in [0.25, 0.3) is 0 Å². The van der Waals surface area contributed by atoms with Gasteiger partial charge in [-0.25, -0.2) is 4.98 Å². The lowest BCUT2D eigenvalue weighted by molar-refractivity contribution is 0.337. The lowest BCUT2D eigenvalue weighted by Gasteiger charge is -2.11. The summed E-state index contributed by atoms with van der Waals surface area (Å²) >= 11 is 11.7. The molecule has 0 aliphatic carbocycles. The maximum absolute atomic E-state index is 5.92. The van der Waals surface area contributed by atoms with Gasteiger partial charge in [0, 0.05) is 17.4 Å². The van der Waals surface area contributed by atoms with Crippen LogP contribution in [0, 0.1) is 0 Å². The van der Waals surface area contributed by atoms with E-state index in [9.17, 15) is 0 Å². The highest BCUT2D eigenvalue weighted by Crippen LogP contribution is 2.26. The van der Waals surface area contributed by atoms with Gasteiger partial charge in [0.05, 0.1) is 17.5 Å². The standard InChI is InChI=1S/C14H14Cl2N2O/c1-2-19-13-5-4-12(7-10(13)8-15)18-14-6-3-11(16)9-17-14/h3-7,9H,2,8H2,1H3,(H,17,18). The highest BCUT2D eigenvalue weighted by Gasteiger charge is 2.04. The van der Waals surface area contributed by atoms with Crippen molar-refractivity contribution in [3.05, 3.63) is 47.1 Å². The number of hydrogen-bond donors (Lipinski definition) is 1. The van der Waals surface area contributed by atoms with Gasteiger partial charge >= 0.3 is 0 Å². The van der Waals surface area contributed by atoms with E-state index in [0.29, 0.717) is 17.5 Å². The number of aromatic nitrogens is 1. The molecule has 0 amide bonds. The van der Waals surface area contributed by atoms with Crippen LogP contribution in [0.4, 0.5) is 11.5 Å². The second-order valence-corrected chi connectivity index (χ2v) is 4.58. The topological polar surface area (TPSA) is 34.1 Å². The van der Waals surface area contributed by atoms with E-state index in [-0.39, 0.29) is 0 Å². The second kappa shape index (κ2) is 6.64. The highest BCUT2D eigenvalue weighted by atomic mass is 35.5. The SMILES string of the molecule is CCOc1ccc(Nc2ccc(Cl)cn2)cc1CCl. The van der Waals surface area contributed by atoms with Crippen LogP contribution >= 0.6 is 23.2 Å². The molecule has 2 rings (SSSR count). The molecule has 0 aliphatic heterocycles. The van der Waals surface area contributed by atoms with Gasteiger partial charge in [-0.2, -0.15) is 0 Å². The molecule has 1 aromatic heterocycles. The van der Waals surface area contributed by atoms with Crippen LogP contribution in [0.15, 0.2) is 36.5 Å². The minimum atomic E-state index is 0.402. The van der Waals surface area contributed by atoms with E-state index in [1.165, 1.54) is 0 Å². The minimum absolute atomic E-state index is 0.402. The normalized spacial score (nSPS) is 10.3. The first-order valence-electron chi connectivity index (χ1n) is 5.93. The zero-order chi connectivity index (χ0) is 13.7. The van der Waals surface area contributed by atoms with Gasteiger partial charge < -0.3 is 10.1 Å². The number of ether oxygens (including phenoxy) is 1. The molecule has 19 heavy (non-hydrogen) atoms. The van der Waals surface area contributed by atoms with Crippen molar-refractivity contribution in [2.45, 2.75) is 12.8 Å². The van der Waals surface area contributed by atoms with Crippen LogP contribution in [-0.2, 0) is 5.88 Å². The molecule has 0 bridgehead atoms. The summed E-state index contributed by atoms with van der Waals surface area (Å²) in [6.07, 6.45) is 1.60. The molecule has 0 atom stereocenters. The number of pyridine rings is 1. The Hall–Kier alpha value is -1.45. The third-order valence-electron chi connectivity index (χ3n) is 2.50. The number of hydrogen-bond acceptors (Lipinski definition) is 3. The Bertz CT molecular complexity index is 544. The highest BCUT2D eigenvalue weighted by molar-refractivity contribution is 6.30. The average Bonchev–Trinajstić information content (AvgIpc) is 2.43. The van der Waals surface area contributed by atoms with Crippen molar-refractivity contribution < 1.29 is 4.74 Å². The smallest absolute Gasteiger partial charge is 0.130 e. The third-order valence-corrected chi connectivity index (χ3v) is 3.02. The van der Waals surface area contributed by atoms with Gasteiger partial charge in [0.2, 0.25) is 0 Å². The van der Waals surface area contributed by atoms with Gasteiger partial charge in [0.15, 0.2) is 0 Å². The first-order valence-corrected chi connectivity index (χ1v) is 6.84. The summed E-state index contributed by atoms with van der Waals surface area (Å²) < 4.78 is 5.50. The van der Waals surface area contributed by atoms with E-state index in [2.05, 4.69) is 10.3 Å². The fourth-order valence-corrected chi connectivity index (χ4v) is 1.98. The number of anilines is 2. The summed E-state index contributed by atoms with van der Waals surface area (Å²) in [4.78, 5) is 4.18. The molecule has 0 aliphatic rings. The van der Waals surface area contributed by atoms with Crippen LogP contribution in [-0.4, -0.2) is 11.6 Å². The Morgan fingerprint density at radius 1 is 1.26 bits per heavy atom. The Morgan fingerprint density at radius 3 is 2.74 bits per heavy atom. The maximum Gasteiger partial charge on any atom is 0.130 e. The van der Waals surface area contributed by atoms with E-state index in [4.69, 9.17) is 27.9 Å². The second-order valence-electron chi connectivity index (χ2n) is 3.88. The van der Waals surface area contributed by atoms with Crippen molar-refractivity contribution in [3.8, 4) is 5.75 Å². The molecule has 5 heteroatoms. The largest absolute Gasteiger partial charge is 0.494 e. The zero-order valence-corrected chi connectivity index (χ0v) is 12.0. The van der Waals surface area contributed by atoms with Gasteiger partial charge in [0.25, 0.3) is 0 Å². The summed E-state index contributed by atoms with van der Waals surface area (Å²) in [6.45, 7) is 2.57. The fraction of sp³-hybridized carbons (Fsp3) is 0.214. The van der Waals surface area contributed by atoms with Crippen LogP contribution in [0.5, 0.6) is 5.75 Å². The van der Waals surface area contributed by atoms with E-state index in [0.717, 1.165) is 22.8 Å². The quantitative estimate of drug-likeness (QED) is 0.818. The molecular weight excluding hydrogens is 283 g/mol. The molecule has 1 heterocycles. The van der Waals surface area contributed by atoms with Crippen molar-refractivity contribution in [3.63, 3.8) is 0 Å². The van der Waals surface area contributed by atoms with Crippen LogP contribution < -0.4 is 10.1 Å². The molecular formula is C14H14Cl2N2O. The molecule has 0 radical (unpaired) electrons. The number of halogens is 2. The van der Waals surface area contributed by atoms with Gasteiger partial charge in [-0.15, -0.1) is 11.6 Å². The van der Waals surface area contributed by atoms with E-state index < -0.39 is 0 Å². The lowest BCUT2D eigenvalue weighted by Crippen LogP contribution is -1.98. The molecule has 3 nitrogen and oxygen atoms in total. The molecule has 0 saturated carbocycles. The number of benzene rings is 1. The molecule has 0 spiro atoms. The van der Waals surface area contributed by atoms with Crippen molar-refractivity contribution in [2.24, 2.45) is 0 Å². The van der Waals surface area contributed by atoms with Gasteiger partial charge in [-0.1, -0.05) is 11.6 Å². The minimum Gasteiger partial charge on any atom is -0.494 e. The van der Waals surface area contributed by atoms with Gasteiger partial charge in [-0.05, 0) is 37.3 Å². The molecule has 0 fully saturated rings. The first kappa shape index (κ1) is 14.0. The number of rotatable bonds is 5. The predicted molar refractivity (Wildman–Crippen MR) is 79.7 cm³/mol. The summed E-state index contributed by atoms with van der Waals surface area (Å²) in [5, 5.41) is 3.80. The maximum atomic E-state index is 5.92. The molecule has 0 unspecified atom stereocenters. The Morgan fingerprint density at radius 2 is 2.11 bits per heavy atom. The molecule has 100 valence electrons. The zero-order valence-electron chi connectivity index (χ0n) is 10.5. The van der Waals surface area contributed by atoms with Gasteiger partial charge in [-0.3, -0.25) is 0 Å². The summed E-state index contributed by atoms with van der Waals surface area (Å²) in [7, 11) is 0. The fourth-order valence-electron chi connectivity index (χ4n) is 1.66. The van der Waals surface area contributed by atoms with Crippen molar-refractivity contribution in [2.75, 3.05) is 11.9 Å². The first-order chi connectivity index (χ1) is 9.22. The Kier molecular flexibility index (Phi) is 4.88. The predicted octanol–water partition coefficient (Wildman–Crippen LogP) is 4.62. The number of alkyl halides is 1. The Balaban J connectivity index is 2.18.